The molecule has 8 nitrogen and oxygen atoms in total. The Morgan fingerprint density at radius 3 is 2.42 bits per heavy atom. The minimum absolute atomic E-state index is 0.214. The van der Waals surface area contributed by atoms with E-state index < -0.39 is 10.0 Å². The van der Waals surface area contributed by atoms with Crippen LogP contribution in [0.4, 0.5) is 5.69 Å². The first-order valence-electron chi connectivity index (χ1n) is 9.34. The topological polar surface area (TPSA) is 106 Å². The van der Waals surface area contributed by atoms with E-state index in [0.29, 0.717) is 11.3 Å². The van der Waals surface area contributed by atoms with E-state index >= 15 is 0 Å². The number of aromatic nitrogens is 3. The van der Waals surface area contributed by atoms with Crippen LogP contribution in [0.5, 0.6) is 0 Å². The molecular weight excluding hydrogens is 434 g/mol. The van der Waals surface area contributed by atoms with Crippen LogP contribution in [0.15, 0.2) is 82.9 Å². The lowest BCUT2D eigenvalue weighted by Crippen LogP contribution is -2.26. The van der Waals surface area contributed by atoms with Crippen LogP contribution in [0.3, 0.4) is 0 Å². The van der Waals surface area contributed by atoms with Gasteiger partial charge < -0.3 is 5.32 Å². The van der Waals surface area contributed by atoms with Gasteiger partial charge in [0.15, 0.2) is 0 Å². The van der Waals surface area contributed by atoms with Gasteiger partial charge in [-0.05, 0) is 60.3 Å². The first-order chi connectivity index (χ1) is 14.9. The molecule has 4 aromatic rings. The number of carbonyl (C=O) groups excluding carboxylic acids is 1. The maximum atomic E-state index is 12.6. The number of hydrogen-bond donors (Lipinski definition) is 2. The number of benzene rings is 2. The third-order valence-electron chi connectivity index (χ3n) is 4.58. The number of amides is 1. The Morgan fingerprint density at radius 2 is 1.81 bits per heavy atom. The van der Waals surface area contributed by atoms with Crippen LogP contribution in [0.1, 0.15) is 28.9 Å². The number of carbonyl (C=O) groups is 1. The zero-order chi connectivity index (χ0) is 21.8. The first-order valence-corrected chi connectivity index (χ1v) is 11.7. The van der Waals surface area contributed by atoms with Gasteiger partial charge in [-0.15, -0.1) is 11.3 Å². The lowest BCUT2D eigenvalue weighted by Gasteiger charge is -2.15. The van der Waals surface area contributed by atoms with Crippen LogP contribution in [0.25, 0.3) is 5.69 Å². The Morgan fingerprint density at radius 1 is 1.06 bits per heavy atom. The molecule has 1 unspecified atom stereocenters. The summed E-state index contributed by atoms with van der Waals surface area (Å²) in [5, 5.41) is 8.73. The van der Waals surface area contributed by atoms with Crippen LogP contribution in [-0.2, 0) is 10.0 Å². The molecule has 0 saturated carbocycles. The summed E-state index contributed by atoms with van der Waals surface area (Å²) < 4.78 is 29.0. The fraction of sp³-hybridized carbons (Fsp3) is 0.0952. The summed E-state index contributed by atoms with van der Waals surface area (Å²) in [6, 6.07) is 17.0. The smallest absolute Gasteiger partial charge is 0.271 e. The Hall–Kier alpha value is -3.50. The van der Waals surface area contributed by atoms with E-state index in [4.69, 9.17) is 0 Å². The van der Waals surface area contributed by atoms with Gasteiger partial charge in [-0.3, -0.25) is 9.52 Å². The van der Waals surface area contributed by atoms with Crippen molar-refractivity contribution in [2.24, 2.45) is 0 Å². The number of nitrogens with zero attached hydrogens (tertiary/aromatic N) is 3. The molecule has 0 aliphatic carbocycles. The molecule has 2 N–H and O–H groups in total. The largest absolute Gasteiger partial charge is 0.346 e. The maximum Gasteiger partial charge on any atom is 0.271 e. The zero-order valence-corrected chi connectivity index (χ0v) is 18.1. The highest BCUT2D eigenvalue weighted by Gasteiger charge is 2.16. The van der Waals surface area contributed by atoms with Gasteiger partial charge in [0.1, 0.15) is 16.9 Å². The quantitative estimate of drug-likeness (QED) is 0.445. The lowest BCUT2D eigenvalue weighted by atomic mass is 10.1. The fourth-order valence-corrected chi connectivity index (χ4v) is 4.98. The molecule has 31 heavy (non-hydrogen) atoms. The molecule has 0 radical (unpaired) electrons. The minimum atomic E-state index is -3.62. The molecule has 2 aromatic heterocycles. The number of thiophene rings is 1. The van der Waals surface area contributed by atoms with Crippen molar-refractivity contribution in [3.8, 4) is 5.69 Å². The van der Waals surface area contributed by atoms with E-state index in [2.05, 4.69) is 20.1 Å². The van der Waals surface area contributed by atoms with Crippen LogP contribution < -0.4 is 10.0 Å². The van der Waals surface area contributed by atoms with Crippen LogP contribution in [0.2, 0.25) is 0 Å². The molecule has 0 aliphatic rings. The number of anilines is 1. The fourth-order valence-electron chi connectivity index (χ4n) is 2.93. The Labute approximate surface area is 183 Å². The molecule has 2 aromatic carbocycles. The molecule has 0 aliphatic heterocycles. The molecule has 0 saturated heterocycles. The predicted octanol–water partition coefficient (Wildman–Crippen LogP) is 3.62. The number of nitrogens with one attached hydrogen (secondary N) is 2. The molecule has 4 rings (SSSR count). The molecule has 2 heterocycles. The standard InChI is InChI=1S/C21H19N5O3S2/c1-15(16-6-10-19(11-7-16)26-14-22-13-23-26)24-21(27)17-4-8-18(9-5-17)25-31(28,29)20-3-2-12-30-20/h2-15,25H,1H3,(H,24,27). The zero-order valence-electron chi connectivity index (χ0n) is 16.5. The highest BCUT2D eigenvalue weighted by molar-refractivity contribution is 7.94. The van der Waals surface area contributed by atoms with Gasteiger partial charge >= 0.3 is 0 Å². The van der Waals surface area contributed by atoms with Gasteiger partial charge in [0.2, 0.25) is 0 Å². The van der Waals surface area contributed by atoms with Crippen molar-refractivity contribution < 1.29 is 13.2 Å². The number of rotatable bonds is 7. The van der Waals surface area contributed by atoms with Crippen LogP contribution in [-0.4, -0.2) is 29.1 Å². The van der Waals surface area contributed by atoms with E-state index in [-0.39, 0.29) is 16.2 Å². The second-order valence-corrected chi connectivity index (χ2v) is 9.60. The maximum absolute atomic E-state index is 12.6. The molecule has 0 spiro atoms. The third-order valence-corrected chi connectivity index (χ3v) is 7.36. The van der Waals surface area contributed by atoms with Crippen molar-refractivity contribution in [2.75, 3.05) is 4.72 Å². The summed E-state index contributed by atoms with van der Waals surface area (Å²) in [5.41, 5.74) is 2.64. The highest BCUT2D eigenvalue weighted by Crippen LogP contribution is 2.21. The number of sulfonamides is 1. The van der Waals surface area contributed by atoms with E-state index in [0.717, 1.165) is 22.6 Å². The molecule has 0 bridgehead atoms. The Kier molecular flexibility index (Phi) is 5.83. The van der Waals surface area contributed by atoms with Crippen molar-refractivity contribution in [2.45, 2.75) is 17.2 Å². The monoisotopic (exact) mass is 453 g/mol. The summed E-state index contributed by atoms with van der Waals surface area (Å²) in [6.45, 7) is 1.89. The first kappa shape index (κ1) is 20.8. The van der Waals surface area contributed by atoms with Gasteiger partial charge in [0, 0.05) is 11.3 Å². The SMILES string of the molecule is CC(NC(=O)c1ccc(NS(=O)(=O)c2cccs2)cc1)c1ccc(-n2cncn2)cc1. The van der Waals surface area contributed by atoms with Gasteiger partial charge in [0.05, 0.1) is 11.7 Å². The second kappa shape index (κ2) is 8.70. The summed E-state index contributed by atoms with van der Waals surface area (Å²) in [4.78, 5) is 16.5. The molecular formula is C21H19N5O3S2. The van der Waals surface area contributed by atoms with E-state index in [1.54, 1.807) is 46.7 Å². The predicted molar refractivity (Wildman–Crippen MR) is 119 cm³/mol. The summed E-state index contributed by atoms with van der Waals surface area (Å²) >= 11 is 1.14. The van der Waals surface area contributed by atoms with Crippen molar-refractivity contribution in [3.05, 3.63) is 89.8 Å². The number of hydrogen-bond acceptors (Lipinski definition) is 6. The van der Waals surface area contributed by atoms with Crippen molar-refractivity contribution in [1.29, 1.82) is 0 Å². The summed E-state index contributed by atoms with van der Waals surface area (Å²) in [5.74, 6) is -0.250. The van der Waals surface area contributed by atoms with Crippen molar-refractivity contribution in [1.82, 2.24) is 20.1 Å². The van der Waals surface area contributed by atoms with E-state index in [1.165, 1.54) is 12.4 Å². The van der Waals surface area contributed by atoms with Gasteiger partial charge in [0.25, 0.3) is 15.9 Å². The second-order valence-electron chi connectivity index (χ2n) is 6.74. The Balaban J connectivity index is 1.39. The molecule has 158 valence electrons. The van der Waals surface area contributed by atoms with E-state index in [1.807, 2.05) is 31.2 Å². The summed E-state index contributed by atoms with van der Waals surface area (Å²) in [7, 11) is -3.62. The Bertz CT molecular complexity index is 1250. The molecule has 10 heteroatoms. The van der Waals surface area contributed by atoms with Crippen molar-refractivity contribution in [3.63, 3.8) is 0 Å². The van der Waals surface area contributed by atoms with Gasteiger partial charge in [-0.25, -0.2) is 18.1 Å². The molecule has 1 atom stereocenters. The van der Waals surface area contributed by atoms with Crippen LogP contribution in [0, 0.1) is 0 Å². The summed E-state index contributed by atoms with van der Waals surface area (Å²) in [6.07, 6.45) is 3.08. The average molecular weight is 454 g/mol. The molecule has 0 fully saturated rings. The van der Waals surface area contributed by atoms with Gasteiger partial charge in [-0.2, -0.15) is 5.10 Å². The van der Waals surface area contributed by atoms with Crippen LogP contribution >= 0.6 is 11.3 Å². The minimum Gasteiger partial charge on any atom is -0.346 e. The highest BCUT2D eigenvalue weighted by atomic mass is 32.2. The van der Waals surface area contributed by atoms with E-state index in [9.17, 15) is 13.2 Å². The van der Waals surface area contributed by atoms with Gasteiger partial charge in [-0.1, -0.05) is 18.2 Å². The molecule has 1 amide bonds. The normalized spacial score (nSPS) is 12.3. The van der Waals surface area contributed by atoms with Crippen molar-refractivity contribution >= 4 is 33.0 Å². The lowest BCUT2D eigenvalue weighted by molar-refractivity contribution is 0.0940. The third kappa shape index (κ3) is 4.81. The average Bonchev–Trinajstić information content (AvgIpc) is 3.49.